The maximum Gasteiger partial charge on any atom is 0.227 e. The number of carbonyl (C=O) groups excluding carboxylic acids is 1. The summed E-state index contributed by atoms with van der Waals surface area (Å²) in [5.41, 5.74) is 1.89. The molecule has 0 bridgehead atoms. The highest BCUT2D eigenvalue weighted by Gasteiger charge is 2.51. The smallest absolute Gasteiger partial charge is 0.227 e. The molecule has 3 aliphatic carbocycles. The average molecular weight is 257 g/mol. The lowest BCUT2D eigenvalue weighted by atomic mass is 10.2. The third kappa shape index (κ3) is 2.24. The summed E-state index contributed by atoms with van der Waals surface area (Å²) < 4.78 is 0. The number of aromatic nitrogens is 2. The van der Waals surface area contributed by atoms with Gasteiger partial charge in [0.15, 0.2) is 0 Å². The molecule has 0 aromatic carbocycles. The van der Waals surface area contributed by atoms with Crippen molar-refractivity contribution in [2.24, 2.45) is 17.8 Å². The van der Waals surface area contributed by atoms with Crippen LogP contribution in [-0.4, -0.2) is 15.9 Å². The summed E-state index contributed by atoms with van der Waals surface area (Å²) in [7, 11) is 0. The van der Waals surface area contributed by atoms with Gasteiger partial charge in [0.2, 0.25) is 5.91 Å². The minimum atomic E-state index is 0.186. The third-order valence-electron chi connectivity index (χ3n) is 4.56. The van der Waals surface area contributed by atoms with Gasteiger partial charge < -0.3 is 5.32 Å². The van der Waals surface area contributed by atoms with E-state index in [-0.39, 0.29) is 11.8 Å². The van der Waals surface area contributed by atoms with Gasteiger partial charge in [-0.05, 0) is 50.9 Å². The van der Waals surface area contributed by atoms with Crippen LogP contribution in [0.1, 0.15) is 49.5 Å². The molecular weight excluding hydrogens is 238 g/mol. The molecule has 4 nitrogen and oxygen atoms in total. The van der Waals surface area contributed by atoms with E-state index in [9.17, 15) is 4.79 Å². The molecule has 0 saturated heterocycles. The van der Waals surface area contributed by atoms with E-state index in [2.05, 4.69) is 15.3 Å². The molecule has 0 spiro atoms. The number of hydrogen-bond donors (Lipinski definition) is 1. The average Bonchev–Trinajstić information content (AvgIpc) is 3.27. The van der Waals surface area contributed by atoms with E-state index >= 15 is 0 Å². The van der Waals surface area contributed by atoms with Crippen LogP contribution < -0.4 is 5.32 Å². The number of nitrogens with zero attached hydrogens (tertiary/aromatic N) is 2. The lowest BCUT2D eigenvalue weighted by Crippen LogP contribution is -2.17. The number of carbonyl (C=O) groups is 1. The molecule has 1 amide bonds. The molecular formula is C15H19N3O. The van der Waals surface area contributed by atoms with Crippen LogP contribution in [0.4, 0.5) is 5.69 Å². The summed E-state index contributed by atoms with van der Waals surface area (Å²) >= 11 is 0. The molecule has 3 fully saturated rings. The van der Waals surface area contributed by atoms with Gasteiger partial charge in [0.1, 0.15) is 5.82 Å². The molecule has 100 valence electrons. The molecule has 1 aromatic rings. The second-order valence-electron chi connectivity index (χ2n) is 6.32. The Morgan fingerprint density at radius 1 is 1.32 bits per heavy atom. The molecule has 1 aromatic heterocycles. The van der Waals surface area contributed by atoms with Gasteiger partial charge in [0, 0.05) is 11.8 Å². The number of rotatable bonds is 4. The van der Waals surface area contributed by atoms with Gasteiger partial charge in [-0.2, -0.15) is 0 Å². The largest absolute Gasteiger partial charge is 0.323 e. The topological polar surface area (TPSA) is 54.9 Å². The van der Waals surface area contributed by atoms with Crippen LogP contribution in [0.3, 0.4) is 0 Å². The first kappa shape index (κ1) is 11.4. The number of hydrogen-bond acceptors (Lipinski definition) is 3. The van der Waals surface area contributed by atoms with Crippen LogP contribution >= 0.6 is 0 Å². The fourth-order valence-electron chi connectivity index (χ4n) is 3.04. The highest BCUT2D eigenvalue weighted by molar-refractivity contribution is 5.95. The SMILES string of the molecule is Cc1ncc(NC(=O)C2CC2C2CC2)c(C2CC2)n1. The molecule has 4 heteroatoms. The van der Waals surface area contributed by atoms with Crippen molar-refractivity contribution in [2.75, 3.05) is 5.32 Å². The van der Waals surface area contributed by atoms with Crippen molar-refractivity contribution in [2.45, 2.75) is 44.9 Å². The molecule has 3 saturated carbocycles. The Bertz CT molecular complexity index is 534. The summed E-state index contributed by atoms with van der Waals surface area (Å²) in [5, 5.41) is 3.07. The zero-order valence-corrected chi connectivity index (χ0v) is 11.2. The van der Waals surface area contributed by atoms with E-state index in [1.165, 1.54) is 25.7 Å². The fraction of sp³-hybridized carbons (Fsp3) is 0.667. The maximum absolute atomic E-state index is 12.2. The number of amides is 1. The second kappa shape index (κ2) is 4.02. The number of nitrogens with one attached hydrogen (secondary N) is 1. The third-order valence-corrected chi connectivity index (χ3v) is 4.56. The number of aryl methyl sites for hydroxylation is 1. The summed E-state index contributed by atoms with van der Waals surface area (Å²) in [4.78, 5) is 21.0. The molecule has 1 N–H and O–H groups in total. The van der Waals surface area contributed by atoms with E-state index in [1.807, 2.05) is 6.92 Å². The van der Waals surface area contributed by atoms with Crippen molar-refractivity contribution >= 4 is 11.6 Å². The van der Waals surface area contributed by atoms with Gasteiger partial charge in [-0.25, -0.2) is 9.97 Å². The number of anilines is 1. The monoisotopic (exact) mass is 257 g/mol. The molecule has 4 rings (SSSR count). The van der Waals surface area contributed by atoms with Crippen molar-refractivity contribution in [3.05, 3.63) is 17.7 Å². The van der Waals surface area contributed by atoms with E-state index in [1.54, 1.807) is 6.20 Å². The highest BCUT2D eigenvalue weighted by Crippen LogP contribution is 2.54. The lowest BCUT2D eigenvalue weighted by Gasteiger charge is -2.09. The van der Waals surface area contributed by atoms with Crippen molar-refractivity contribution in [3.63, 3.8) is 0 Å². The van der Waals surface area contributed by atoms with E-state index in [0.29, 0.717) is 11.8 Å². The van der Waals surface area contributed by atoms with E-state index in [4.69, 9.17) is 0 Å². The Balaban J connectivity index is 1.48. The predicted octanol–water partition coefficient (Wildman–Crippen LogP) is 2.65. The van der Waals surface area contributed by atoms with Gasteiger partial charge in [-0.1, -0.05) is 0 Å². The van der Waals surface area contributed by atoms with Gasteiger partial charge >= 0.3 is 0 Å². The van der Waals surface area contributed by atoms with Gasteiger partial charge in [0.05, 0.1) is 17.6 Å². The minimum Gasteiger partial charge on any atom is -0.323 e. The van der Waals surface area contributed by atoms with Crippen LogP contribution in [0.25, 0.3) is 0 Å². The van der Waals surface area contributed by atoms with Crippen molar-refractivity contribution in [3.8, 4) is 0 Å². The van der Waals surface area contributed by atoms with Crippen molar-refractivity contribution in [1.82, 2.24) is 9.97 Å². The summed E-state index contributed by atoms with van der Waals surface area (Å²) in [5.74, 6) is 3.27. The first-order chi connectivity index (χ1) is 9.22. The molecule has 1 heterocycles. The highest BCUT2D eigenvalue weighted by atomic mass is 16.2. The molecule has 3 aliphatic rings. The molecule has 2 unspecified atom stereocenters. The van der Waals surface area contributed by atoms with Crippen LogP contribution in [0, 0.1) is 24.7 Å². The fourth-order valence-corrected chi connectivity index (χ4v) is 3.04. The first-order valence-corrected chi connectivity index (χ1v) is 7.37. The molecule has 0 radical (unpaired) electrons. The Morgan fingerprint density at radius 2 is 2.11 bits per heavy atom. The zero-order chi connectivity index (χ0) is 13.0. The van der Waals surface area contributed by atoms with Crippen molar-refractivity contribution in [1.29, 1.82) is 0 Å². The van der Waals surface area contributed by atoms with Gasteiger partial charge in [-0.15, -0.1) is 0 Å². The molecule has 2 atom stereocenters. The standard InChI is InChI=1S/C15H19N3O/c1-8-16-7-13(14(17-8)10-4-5-10)18-15(19)12-6-11(12)9-2-3-9/h7,9-12H,2-6H2,1H3,(H,18,19). The van der Waals surface area contributed by atoms with Gasteiger partial charge in [0.25, 0.3) is 0 Å². The normalized spacial score (nSPS) is 29.1. The predicted molar refractivity (Wildman–Crippen MR) is 71.7 cm³/mol. The quantitative estimate of drug-likeness (QED) is 0.902. The zero-order valence-electron chi connectivity index (χ0n) is 11.2. The Kier molecular flexibility index (Phi) is 2.41. The summed E-state index contributed by atoms with van der Waals surface area (Å²) in [6.07, 6.45) is 7.90. The minimum absolute atomic E-state index is 0.186. The maximum atomic E-state index is 12.2. The Morgan fingerprint density at radius 3 is 2.79 bits per heavy atom. The van der Waals surface area contributed by atoms with E-state index < -0.39 is 0 Å². The second-order valence-corrected chi connectivity index (χ2v) is 6.32. The summed E-state index contributed by atoms with van der Waals surface area (Å²) in [6.45, 7) is 1.90. The van der Waals surface area contributed by atoms with Crippen LogP contribution in [0.15, 0.2) is 6.20 Å². The lowest BCUT2D eigenvalue weighted by molar-refractivity contribution is -0.117. The van der Waals surface area contributed by atoms with Crippen LogP contribution in [-0.2, 0) is 4.79 Å². The Labute approximate surface area is 113 Å². The van der Waals surface area contributed by atoms with Gasteiger partial charge in [-0.3, -0.25) is 4.79 Å². The van der Waals surface area contributed by atoms with Crippen molar-refractivity contribution < 1.29 is 4.79 Å². The molecule has 0 aliphatic heterocycles. The van der Waals surface area contributed by atoms with E-state index in [0.717, 1.165) is 29.5 Å². The Hall–Kier alpha value is -1.45. The van der Waals surface area contributed by atoms with Crippen LogP contribution in [0.5, 0.6) is 0 Å². The van der Waals surface area contributed by atoms with Crippen LogP contribution in [0.2, 0.25) is 0 Å². The molecule has 19 heavy (non-hydrogen) atoms. The first-order valence-electron chi connectivity index (χ1n) is 7.37. The summed E-state index contributed by atoms with van der Waals surface area (Å²) in [6, 6.07) is 0.